The van der Waals surface area contributed by atoms with E-state index in [9.17, 15) is 4.79 Å². The van der Waals surface area contributed by atoms with Gasteiger partial charge in [0.15, 0.2) is 0 Å². The number of nitrogens with zero attached hydrogens (tertiary/aromatic N) is 1. The van der Waals surface area contributed by atoms with Crippen molar-refractivity contribution in [2.45, 2.75) is 45.6 Å². The lowest BCUT2D eigenvalue weighted by molar-refractivity contribution is -0.130. The summed E-state index contributed by atoms with van der Waals surface area (Å²) < 4.78 is 0. The lowest BCUT2D eigenvalue weighted by Crippen LogP contribution is -2.33. The number of hydrogen-bond donors (Lipinski definition) is 1. The van der Waals surface area contributed by atoms with Crippen LogP contribution < -0.4 is 5.73 Å². The molecule has 22 heavy (non-hydrogen) atoms. The summed E-state index contributed by atoms with van der Waals surface area (Å²) in [5.41, 5.74) is 9.97. The Bertz CT molecular complexity index is 526. The van der Waals surface area contributed by atoms with Gasteiger partial charge in [-0.05, 0) is 50.5 Å². The molecule has 2 fully saturated rings. The van der Waals surface area contributed by atoms with Crippen LogP contribution in [0.2, 0.25) is 0 Å². The number of benzene rings is 1. The SMILES string of the molecule is Cc1cc(C)cc(CCC(=O)N2CC3CCC(N)C3C2)c1.Cl. The summed E-state index contributed by atoms with van der Waals surface area (Å²) in [7, 11) is 0. The van der Waals surface area contributed by atoms with Crippen LogP contribution in [0.15, 0.2) is 18.2 Å². The molecule has 3 unspecified atom stereocenters. The maximum absolute atomic E-state index is 12.4. The number of carbonyl (C=O) groups excluding carboxylic acids is 1. The third-order valence-electron chi connectivity index (χ3n) is 5.17. The quantitative estimate of drug-likeness (QED) is 0.930. The van der Waals surface area contributed by atoms with E-state index in [2.05, 4.69) is 36.9 Å². The third kappa shape index (κ3) is 3.64. The molecule has 2 aliphatic rings. The molecule has 1 aliphatic heterocycles. The molecule has 1 aliphatic carbocycles. The molecule has 1 amide bonds. The highest BCUT2D eigenvalue weighted by Crippen LogP contribution is 2.37. The first-order valence-electron chi connectivity index (χ1n) is 8.13. The van der Waals surface area contributed by atoms with Gasteiger partial charge in [0, 0.05) is 25.6 Å². The van der Waals surface area contributed by atoms with Crippen LogP contribution >= 0.6 is 12.4 Å². The van der Waals surface area contributed by atoms with Crippen molar-refractivity contribution in [1.29, 1.82) is 0 Å². The number of rotatable bonds is 3. The minimum atomic E-state index is 0. The van der Waals surface area contributed by atoms with Gasteiger partial charge in [-0.3, -0.25) is 4.79 Å². The number of amides is 1. The van der Waals surface area contributed by atoms with Crippen LogP contribution in [0.1, 0.15) is 36.0 Å². The Labute approximate surface area is 139 Å². The number of likely N-dealkylation sites (tertiary alicyclic amines) is 1. The van der Waals surface area contributed by atoms with Crippen molar-refractivity contribution >= 4 is 18.3 Å². The molecule has 122 valence electrons. The molecule has 1 saturated heterocycles. The highest BCUT2D eigenvalue weighted by Gasteiger charge is 2.42. The van der Waals surface area contributed by atoms with Gasteiger partial charge in [0.1, 0.15) is 0 Å². The molecule has 3 nitrogen and oxygen atoms in total. The van der Waals surface area contributed by atoms with E-state index in [0.29, 0.717) is 30.2 Å². The van der Waals surface area contributed by atoms with Crippen molar-refractivity contribution in [3.8, 4) is 0 Å². The van der Waals surface area contributed by atoms with Crippen LogP contribution in [0.25, 0.3) is 0 Å². The van der Waals surface area contributed by atoms with E-state index in [1.165, 1.54) is 23.1 Å². The molecule has 1 aromatic carbocycles. The smallest absolute Gasteiger partial charge is 0.222 e. The summed E-state index contributed by atoms with van der Waals surface area (Å²) in [6, 6.07) is 6.87. The van der Waals surface area contributed by atoms with E-state index in [4.69, 9.17) is 5.73 Å². The zero-order chi connectivity index (χ0) is 15.0. The Morgan fingerprint density at radius 1 is 1.18 bits per heavy atom. The molecule has 3 atom stereocenters. The van der Waals surface area contributed by atoms with E-state index in [-0.39, 0.29) is 12.4 Å². The van der Waals surface area contributed by atoms with Crippen LogP contribution in [0.4, 0.5) is 0 Å². The Balaban J connectivity index is 0.00000176. The average Bonchev–Trinajstić information content (AvgIpc) is 2.98. The van der Waals surface area contributed by atoms with Gasteiger partial charge in [-0.15, -0.1) is 12.4 Å². The largest absolute Gasteiger partial charge is 0.342 e. The standard InChI is InChI=1S/C18H26N2O.ClH/c1-12-7-13(2)9-14(8-12)3-6-18(21)20-10-15-4-5-17(19)16(15)11-20;/h7-9,15-17H,3-6,10-11,19H2,1-2H3;1H. The zero-order valence-corrected chi connectivity index (χ0v) is 14.4. The lowest BCUT2D eigenvalue weighted by atomic mass is 9.98. The van der Waals surface area contributed by atoms with Crippen molar-refractivity contribution in [2.24, 2.45) is 17.6 Å². The van der Waals surface area contributed by atoms with E-state index in [1.54, 1.807) is 0 Å². The predicted octanol–water partition coefficient (Wildman–Crippen LogP) is 2.85. The summed E-state index contributed by atoms with van der Waals surface area (Å²) in [4.78, 5) is 14.5. The van der Waals surface area contributed by atoms with Crippen LogP contribution in [0, 0.1) is 25.7 Å². The second kappa shape index (κ2) is 7.01. The summed E-state index contributed by atoms with van der Waals surface area (Å²) in [5, 5.41) is 0. The van der Waals surface area contributed by atoms with Gasteiger partial charge in [-0.25, -0.2) is 0 Å². The van der Waals surface area contributed by atoms with Crippen molar-refractivity contribution in [2.75, 3.05) is 13.1 Å². The first-order chi connectivity index (χ1) is 10.0. The van der Waals surface area contributed by atoms with Gasteiger partial charge in [0.05, 0.1) is 0 Å². The number of carbonyl (C=O) groups is 1. The number of nitrogens with two attached hydrogens (primary N) is 1. The molecule has 0 spiro atoms. The molecule has 1 heterocycles. The molecular formula is C18H27ClN2O. The summed E-state index contributed by atoms with van der Waals surface area (Å²) in [6.45, 7) is 6.05. The minimum absolute atomic E-state index is 0. The fourth-order valence-corrected chi connectivity index (χ4v) is 4.13. The molecule has 0 aromatic heterocycles. The second-order valence-electron chi connectivity index (χ2n) is 6.96. The van der Waals surface area contributed by atoms with Gasteiger partial charge in [0.2, 0.25) is 5.91 Å². The number of fused-ring (bicyclic) bond motifs is 1. The molecule has 0 bridgehead atoms. The van der Waals surface area contributed by atoms with Gasteiger partial charge in [-0.1, -0.05) is 29.3 Å². The predicted molar refractivity (Wildman–Crippen MR) is 92.3 cm³/mol. The number of hydrogen-bond acceptors (Lipinski definition) is 2. The fraction of sp³-hybridized carbons (Fsp3) is 0.611. The average molecular weight is 323 g/mol. The normalized spacial score (nSPS) is 26.7. The summed E-state index contributed by atoms with van der Waals surface area (Å²) in [5.74, 6) is 1.51. The van der Waals surface area contributed by atoms with Crippen LogP contribution in [-0.4, -0.2) is 29.9 Å². The Kier molecular flexibility index (Phi) is 5.51. The Hall–Kier alpha value is -1.06. The summed E-state index contributed by atoms with van der Waals surface area (Å²) >= 11 is 0. The van der Waals surface area contributed by atoms with Gasteiger partial charge in [0.25, 0.3) is 0 Å². The number of halogens is 1. The van der Waals surface area contributed by atoms with Crippen molar-refractivity contribution < 1.29 is 4.79 Å². The lowest BCUT2D eigenvalue weighted by Gasteiger charge is -2.19. The third-order valence-corrected chi connectivity index (χ3v) is 5.17. The van der Waals surface area contributed by atoms with Gasteiger partial charge >= 0.3 is 0 Å². The molecular weight excluding hydrogens is 296 g/mol. The molecule has 1 aromatic rings. The van der Waals surface area contributed by atoms with E-state index in [0.717, 1.165) is 25.9 Å². The van der Waals surface area contributed by atoms with Crippen molar-refractivity contribution in [3.05, 3.63) is 34.9 Å². The fourth-order valence-electron chi connectivity index (χ4n) is 4.13. The monoisotopic (exact) mass is 322 g/mol. The topological polar surface area (TPSA) is 46.3 Å². The second-order valence-corrected chi connectivity index (χ2v) is 6.96. The molecule has 4 heteroatoms. The summed E-state index contributed by atoms with van der Waals surface area (Å²) in [6.07, 6.45) is 3.81. The maximum Gasteiger partial charge on any atom is 0.222 e. The van der Waals surface area contributed by atoms with Crippen LogP contribution in [0.3, 0.4) is 0 Å². The maximum atomic E-state index is 12.4. The number of aryl methyl sites for hydroxylation is 3. The van der Waals surface area contributed by atoms with E-state index in [1.807, 2.05) is 0 Å². The van der Waals surface area contributed by atoms with Crippen LogP contribution in [-0.2, 0) is 11.2 Å². The minimum Gasteiger partial charge on any atom is -0.342 e. The highest BCUT2D eigenvalue weighted by atomic mass is 35.5. The van der Waals surface area contributed by atoms with Crippen LogP contribution in [0.5, 0.6) is 0 Å². The Morgan fingerprint density at radius 3 is 2.50 bits per heavy atom. The van der Waals surface area contributed by atoms with Crippen molar-refractivity contribution in [1.82, 2.24) is 4.90 Å². The first kappa shape index (κ1) is 17.3. The van der Waals surface area contributed by atoms with E-state index >= 15 is 0 Å². The first-order valence-corrected chi connectivity index (χ1v) is 8.13. The zero-order valence-electron chi connectivity index (χ0n) is 13.5. The Morgan fingerprint density at radius 2 is 1.86 bits per heavy atom. The van der Waals surface area contributed by atoms with E-state index < -0.39 is 0 Å². The molecule has 0 radical (unpaired) electrons. The molecule has 1 saturated carbocycles. The van der Waals surface area contributed by atoms with Gasteiger partial charge in [-0.2, -0.15) is 0 Å². The van der Waals surface area contributed by atoms with Crippen molar-refractivity contribution in [3.63, 3.8) is 0 Å². The highest BCUT2D eigenvalue weighted by molar-refractivity contribution is 5.85. The molecule has 2 N–H and O–H groups in total. The van der Waals surface area contributed by atoms with Gasteiger partial charge < -0.3 is 10.6 Å². The molecule has 3 rings (SSSR count).